The van der Waals surface area contributed by atoms with E-state index in [0.29, 0.717) is 34.2 Å². The third-order valence-corrected chi connectivity index (χ3v) is 4.99. The van der Waals surface area contributed by atoms with Crippen LogP contribution in [0.5, 0.6) is 5.75 Å². The lowest BCUT2D eigenvalue weighted by molar-refractivity contribution is -0.115. The Labute approximate surface area is 168 Å². The van der Waals surface area contributed by atoms with Gasteiger partial charge in [0.2, 0.25) is 5.91 Å². The molecule has 28 heavy (non-hydrogen) atoms. The van der Waals surface area contributed by atoms with Crippen LogP contribution in [0.2, 0.25) is 0 Å². The van der Waals surface area contributed by atoms with Gasteiger partial charge < -0.3 is 10.1 Å². The number of rotatable bonds is 7. The van der Waals surface area contributed by atoms with Crippen molar-refractivity contribution in [1.29, 1.82) is 5.26 Å². The van der Waals surface area contributed by atoms with Gasteiger partial charge in [0.15, 0.2) is 0 Å². The number of amides is 1. The first-order valence-corrected chi connectivity index (χ1v) is 9.72. The molecule has 1 amide bonds. The topological polar surface area (TPSA) is 75.0 Å². The summed E-state index contributed by atoms with van der Waals surface area (Å²) >= 11 is 1.40. The Morgan fingerprint density at radius 2 is 1.86 bits per heavy atom. The molecule has 0 radical (unpaired) electrons. The molecule has 3 aromatic rings. The summed E-state index contributed by atoms with van der Waals surface area (Å²) in [6.45, 7) is 0. The summed E-state index contributed by atoms with van der Waals surface area (Å²) in [5, 5.41) is 12.8. The maximum Gasteiger partial charge on any atom is 0.225 e. The van der Waals surface area contributed by atoms with Crippen LogP contribution >= 0.6 is 11.8 Å². The number of ether oxygens (including phenoxy) is 1. The van der Waals surface area contributed by atoms with E-state index in [9.17, 15) is 10.1 Å². The summed E-state index contributed by atoms with van der Waals surface area (Å²) < 4.78 is 5.24. The van der Waals surface area contributed by atoms with Crippen molar-refractivity contribution in [3.8, 4) is 23.1 Å². The van der Waals surface area contributed by atoms with E-state index < -0.39 is 0 Å². The highest BCUT2D eigenvalue weighted by molar-refractivity contribution is 7.99. The fourth-order valence-corrected chi connectivity index (χ4v) is 3.52. The number of para-hydroxylation sites is 2. The van der Waals surface area contributed by atoms with Crippen molar-refractivity contribution < 1.29 is 9.53 Å². The molecule has 140 valence electrons. The van der Waals surface area contributed by atoms with Crippen LogP contribution in [0.3, 0.4) is 0 Å². The van der Waals surface area contributed by atoms with Crippen molar-refractivity contribution in [3.05, 3.63) is 72.3 Å². The molecule has 0 aliphatic rings. The first-order valence-electron chi connectivity index (χ1n) is 8.73. The summed E-state index contributed by atoms with van der Waals surface area (Å²) in [4.78, 5) is 16.9. The third-order valence-electron chi connectivity index (χ3n) is 4.00. The minimum atomic E-state index is -0.116. The number of hydrogen-bond acceptors (Lipinski definition) is 5. The fraction of sp³-hybridized carbons (Fsp3) is 0.136. The molecule has 0 aliphatic heterocycles. The van der Waals surface area contributed by atoms with E-state index >= 15 is 0 Å². The van der Waals surface area contributed by atoms with Gasteiger partial charge in [-0.05, 0) is 24.3 Å². The van der Waals surface area contributed by atoms with Gasteiger partial charge in [0.1, 0.15) is 16.8 Å². The van der Waals surface area contributed by atoms with E-state index in [1.807, 2.05) is 48.5 Å². The van der Waals surface area contributed by atoms with Crippen LogP contribution in [0.25, 0.3) is 11.3 Å². The summed E-state index contributed by atoms with van der Waals surface area (Å²) in [5.74, 6) is 1.02. The molecule has 5 nitrogen and oxygen atoms in total. The Hall–Kier alpha value is -3.30. The standard InChI is InChI=1S/C22H19N3O2S/c1-27-20-10-6-5-9-19(20)24-21(26)13-14-28-22-17(15-23)11-12-18(25-22)16-7-3-2-4-8-16/h2-12H,13-14H2,1H3,(H,24,26). The van der Waals surface area contributed by atoms with E-state index in [1.54, 1.807) is 25.3 Å². The van der Waals surface area contributed by atoms with Crippen molar-refractivity contribution in [1.82, 2.24) is 4.98 Å². The van der Waals surface area contributed by atoms with Crippen LogP contribution in [-0.2, 0) is 4.79 Å². The molecule has 2 aromatic carbocycles. The third kappa shape index (κ3) is 4.90. The smallest absolute Gasteiger partial charge is 0.225 e. The molecule has 0 bridgehead atoms. The minimum Gasteiger partial charge on any atom is -0.495 e. The Bertz CT molecular complexity index is 1000. The van der Waals surface area contributed by atoms with Crippen molar-refractivity contribution in [3.63, 3.8) is 0 Å². The number of aromatic nitrogens is 1. The predicted molar refractivity (Wildman–Crippen MR) is 111 cm³/mol. The van der Waals surface area contributed by atoms with Crippen LogP contribution in [0.15, 0.2) is 71.8 Å². The molecule has 0 unspecified atom stereocenters. The number of methoxy groups -OCH3 is 1. The number of nitriles is 1. The highest BCUT2D eigenvalue weighted by atomic mass is 32.2. The monoisotopic (exact) mass is 389 g/mol. The number of pyridine rings is 1. The molecular formula is C22H19N3O2S. The summed E-state index contributed by atoms with van der Waals surface area (Å²) in [5.41, 5.74) is 2.94. The molecule has 1 N–H and O–H groups in total. The highest BCUT2D eigenvalue weighted by Gasteiger charge is 2.11. The summed E-state index contributed by atoms with van der Waals surface area (Å²) in [6.07, 6.45) is 0.296. The van der Waals surface area contributed by atoms with E-state index in [2.05, 4.69) is 16.4 Å². The van der Waals surface area contributed by atoms with Gasteiger partial charge in [0.05, 0.1) is 24.1 Å². The van der Waals surface area contributed by atoms with Crippen molar-refractivity contribution >= 4 is 23.4 Å². The summed E-state index contributed by atoms with van der Waals surface area (Å²) in [7, 11) is 1.57. The second kappa shape index (κ2) is 9.58. The van der Waals surface area contributed by atoms with Crippen molar-refractivity contribution in [2.45, 2.75) is 11.4 Å². The van der Waals surface area contributed by atoms with Gasteiger partial charge in [0.25, 0.3) is 0 Å². The van der Waals surface area contributed by atoms with Gasteiger partial charge in [-0.15, -0.1) is 11.8 Å². The maximum atomic E-state index is 12.2. The van der Waals surface area contributed by atoms with Crippen LogP contribution < -0.4 is 10.1 Å². The Morgan fingerprint density at radius 3 is 2.61 bits per heavy atom. The molecular weight excluding hydrogens is 370 g/mol. The Kier molecular flexibility index (Phi) is 6.66. The van der Waals surface area contributed by atoms with Gasteiger partial charge >= 0.3 is 0 Å². The largest absolute Gasteiger partial charge is 0.495 e. The first-order chi connectivity index (χ1) is 13.7. The number of nitrogens with zero attached hydrogens (tertiary/aromatic N) is 2. The zero-order chi connectivity index (χ0) is 19.8. The first kappa shape index (κ1) is 19.5. The average Bonchev–Trinajstić information content (AvgIpc) is 2.74. The average molecular weight is 389 g/mol. The zero-order valence-electron chi connectivity index (χ0n) is 15.4. The van der Waals surface area contributed by atoms with Gasteiger partial charge in [-0.1, -0.05) is 42.5 Å². The van der Waals surface area contributed by atoms with Crippen LogP contribution in [0.4, 0.5) is 5.69 Å². The molecule has 0 saturated heterocycles. The van der Waals surface area contributed by atoms with Crippen LogP contribution in [0, 0.1) is 11.3 Å². The molecule has 0 saturated carbocycles. The molecule has 1 aromatic heterocycles. The normalized spacial score (nSPS) is 10.1. The fourth-order valence-electron chi connectivity index (χ4n) is 2.61. The van der Waals surface area contributed by atoms with Gasteiger partial charge in [0, 0.05) is 17.7 Å². The van der Waals surface area contributed by atoms with Gasteiger partial charge in [-0.2, -0.15) is 5.26 Å². The van der Waals surface area contributed by atoms with E-state index in [4.69, 9.17) is 4.74 Å². The van der Waals surface area contributed by atoms with Crippen molar-refractivity contribution in [2.24, 2.45) is 0 Å². The lowest BCUT2D eigenvalue weighted by Crippen LogP contribution is -2.13. The molecule has 0 aliphatic carbocycles. The number of carbonyl (C=O) groups is 1. The van der Waals surface area contributed by atoms with Gasteiger partial charge in [-0.25, -0.2) is 4.98 Å². The Morgan fingerprint density at radius 1 is 1.11 bits per heavy atom. The molecule has 0 atom stereocenters. The SMILES string of the molecule is COc1ccccc1NC(=O)CCSc1nc(-c2ccccc2)ccc1C#N. The molecule has 0 spiro atoms. The second-order valence-corrected chi connectivity index (χ2v) is 6.96. The van der Waals surface area contributed by atoms with E-state index in [-0.39, 0.29) is 5.91 Å². The van der Waals surface area contributed by atoms with Crippen molar-refractivity contribution in [2.75, 3.05) is 18.2 Å². The second-order valence-electron chi connectivity index (χ2n) is 5.87. The molecule has 6 heteroatoms. The van der Waals surface area contributed by atoms with Crippen LogP contribution in [0.1, 0.15) is 12.0 Å². The highest BCUT2D eigenvalue weighted by Crippen LogP contribution is 2.26. The van der Waals surface area contributed by atoms with E-state index in [0.717, 1.165) is 11.3 Å². The minimum absolute atomic E-state index is 0.116. The number of benzene rings is 2. The molecule has 3 rings (SSSR count). The number of carbonyl (C=O) groups excluding carboxylic acids is 1. The predicted octanol–water partition coefficient (Wildman–Crippen LogP) is 4.75. The van der Waals surface area contributed by atoms with Gasteiger partial charge in [-0.3, -0.25) is 4.79 Å². The van der Waals surface area contributed by atoms with E-state index in [1.165, 1.54) is 11.8 Å². The number of hydrogen-bond donors (Lipinski definition) is 1. The quantitative estimate of drug-likeness (QED) is 0.590. The lowest BCUT2D eigenvalue weighted by atomic mass is 10.1. The number of anilines is 1. The Balaban J connectivity index is 1.64. The lowest BCUT2D eigenvalue weighted by Gasteiger charge is -2.10. The number of nitrogens with one attached hydrogen (secondary N) is 1. The maximum absolute atomic E-state index is 12.2. The van der Waals surface area contributed by atoms with Crippen LogP contribution in [-0.4, -0.2) is 23.8 Å². The summed E-state index contributed by atoms with van der Waals surface area (Å²) in [6, 6.07) is 22.8. The molecule has 1 heterocycles. The number of thioether (sulfide) groups is 1. The molecule has 0 fully saturated rings. The zero-order valence-corrected chi connectivity index (χ0v) is 16.2.